The third-order valence-electron chi connectivity index (χ3n) is 5.36. The Morgan fingerprint density at radius 3 is 2.41 bits per heavy atom. The van der Waals surface area contributed by atoms with Crippen molar-refractivity contribution in [3.05, 3.63) is 90.0 Å². The second-order valence-electron chi connectivity index (χ2n) is 7.67. The monoisotopic (exact) mass is 540 g/mol. The van der Waals surface area contributed by atoms with Crippen LogP contribution in [0.15, 0.2) is 78.2 Å². The van der Waals surface area contributed by atoms with Gasteiger partial charge in [-0.3, -0.25) is 0 Å². The highest BCUT2D eigenvalue weighted by Crippen LogP contribution is 2.38. The summed E-state index contributed by atoms with van der Waals surface area (Å²) >= 11 is 6.07. The minimum atomic E-state index is -4.36. The number of hydrogen-bond acceptors (Lipinski definition) is 8. The van der Waals surface area contributed by atoms with E-state index in [1.807, 2.05) is 0 Å². The van der Waals surface area contributed by atoms with Gasteiger partial charge < -0.3 is 8.92 Å². The Hall–Kier alpha value is -4.22. The Morgan fingerprint density at radius 1 is 0.892 bits per heavy atom. The van der Waals surface area contributed by atoms with Crippen LogP contribution in [0.2, 0.25) is 5.02 Å². The van der Waals surface area contributed by atoms with Crippen molar-refractivity contribution in [2.45, 2.75) is 4.90 Å². The number of methoxy groups -OCH3 is 1. The fourth-order valence-electron chi connectivity index (χ4n) is 3.68. The molecule has 0 radical (unpaired) electrons. The van der Waals surface area contributed by atoms with Crippen molar-refractivity contribution in [3.8, 4) is 34.1 Å². The van der Waals surface area contributed by atoms with E-state index in [1.165, 1.54) is 37.7 Å². The molecule has 0 saturated carbocycles. The lowest BCUT2D eigenvalue weighted by Gasteiger charge is -2.14. The van der Waals surface area contributed by atoms with Crippen molar-refractivity contribution in [3.63, 3.8) is 0 Å². The summed E-state index contributed by atoms with van der Waals surface area (Å²) in [5, 5.41) is 0.898. The summed E-state index contributed by atoms with van der Waals surface area (Å²) in [5.41, 5.74) is 1.77. The van der Waals surface area contributed by atoms with Crippen LogP contribution in [-0.4, -0.2) is 35.5 Å². The zero-order valence-corrected chi connectivity index (χ0v) is 20.5. The van der Waals surface area contributed by atoms with Crippen LogP contribution in [0.1, 0.15) is 0 Å². The maximum Gasteiger partial charge on any atom is 0.341 e. The smallest absolute Gasteiger partial charge is 0.341 e. The molecule has 0 amide bonds. The van der Waals surface area contributed by atoms with Gasteiger partial charge in [-0.15, -0.1) is 0 Å². The van der Waals surface area contributed by atoms with E-state index < -0.39 is 27.8 Å². The SMILES string of the molecule is COc1cc(-c2cccc(Cl)c2)c(F)cc1-c1ncnc2cc(S(=O)(=O)Oc3ncc(F)cn3)ccc12. The van der Waals surface area contributed by atoms with Crippen molar-refractivity contribution in [1.29, 1.82) is 0 Å². The molecule has 5 aromatic rings. The molecule has 2 heterocycles. The van der Waals surface area contributed by atoms with Gasteiger partial charge in [-0.05, 0) is 48.0 Å². The Labute approximate surface area is 214 Å². The number of benzene rings is 3. The van der Waals surface area contributed by atoms with Crippen LogP contribution in [0.25, 0.3) is 33.3 Å². The first-order chi connectivity index (χ1) is 17.7. The lowest BCUT2D eigenvalue weighted by Crippen LogP contribution is -2.12. The van der Waals surface area contributed by atoms with Crippen LogP contribution in [-0.2, 0) is 10.1 Å². The molecule has 8 nitrogen and oxygen atoms in total. The van der Waals surface area contributed by atoms with Crippen LogP contribution in [0.3, 0.4) is 0 Å². The molecule has 0 saturated heterocycles. The van der Waals surface area contributed by atoms with Gasteiger partial charge in [0.2, 0.25) is 0 Å². The van der Waals surface area contributed by atoms with E-state index in [0.717, 1.165) is 12.4 Å². The molecule has 0 aliphatic heterocycles. The van der Waals surface area contributed by atoms with Crippen molar-refractivity contribution < 1.29 is 26.1 Å². The number of hydrogen-bond donors (Lipinski definition) is 0. The first-order valence-corrected chi connectivity index (χ1v) is 12.3. The predicted octanol–water partition coefficient (Wildman–Crippen LogP) is 5.46. The van der Waals surface area contributed by atoms with Gasteiger partial charge in [0.15, 0.2) is 5.82 Å². The number of ether oxygens (including phenoxy) is 1. The van der Waals surface area contributed by atoms with Crippen molar-refractivity contribution in [2.24, 2.45) is 0 Å². The highest BCUT2D eigenvalue weighted by molar-refractivity contribution is 7.87. The summed E-state index contributed by atoms with van der Waals surface area (Å²) in [6, 6.07) is 13.1. The summed E-state index contributed by atoms with van der Waals surface area (Å²) in [5.74, 6) is -0.936. The van der Waals surface area contributed by atoms with E-state index in [9.17, 15) is 12.8 Å². The molecule has 0 unspecified atom stereocenters. The quantitative estimate of drug-likeness (QED) is 0.261. The molecule has 37 heavy (non-hydrogen) atoms. The summed E-state index contributed by atoms with van der Waals surface area (Å²) in [4.78, 5) is 15.2. The van der Waals surface area contributed by atoms with E-state index in [1.54, 1.807) is 30.3 Å². The van der Waals surface area contributed by atoms with E-state index >= 15 is 4.39 Å². The molecule has 0 atom stereocenters. The molecule has 0 bridgehead atoms. The average molecular weight is 541 g/mol. The van der Waals surface area contributed by atoms with Gasteiger partial charge in [0, 0.05) is 21.5 Å². The molecular formula is C25H15ClF2N4O4S. The summed E-state index contributed by atoms with van der Waals surface area (Å²) in [6.45, 7) is 0. The van der Waals surface area contributed by atoms with Crippen LogP contribution in [0, 0.1) is 11.6 Å². The van der Waals surface area contributed by atoms with Gasteiger partial charge in [-0.25, -0.2) is 18.7 Å². The van der Waals surface area contributed by atoms with Gasteiger partial charge in [-0.2, -0.15) is 18.4 Å². The number of fused-ring (bicyclic) bond motifs is 1. The Balaban J connectivity index is 1.57. The topological polar surface area (TPSA) is 104 Å². The minimum Gasteiger partial charge on any atom is -0.496 e. The van der Waals surface area contributed by atoms with Gasteiger partial charge in [0.1, 0.15) is 22.8 Å². The van der Waals surface area contributed by atoms with Gasteiger partial charge in [0.05, 0.1) is 30.7 Å². The molecule has 0 N–H and O–H groups in total. The summed E-state index contributed by atoms with van der Waals surface area (Å²) in [7, 11) is -2.91. The Morgan fingerprint density at radius 2 is 1.68 bits per heavy atom. The largest absolute Gasteiger partial charge is 0.496 e. The number of rotatable bonds is 6. The molecular weight excluding hydrogens is 526 g/mol. The zero-order valence-electron chi connectivity index (χ0n) is 18.9. The standard InChI is InChI=1S/C25H15ClF2N4O4S/c1-35-23-10-19(14-3-2-4-15(26)7-14)21(28)9-20(23)24-18-6-5-17(8-22(18)31-13-32-24)37(33,34)36-25-29-11-16(27)12-30-25/h2-13H,1H3. The third kappa shape index (κ3) is 4.91. The lowest BCUT2D eigenvalue weighted by molar-refractivity contribution is 0.415. The molecule has 0 aliphatic rings. The molecule has 5 rings (SSSR count). The van der Waals surface area contributed by atoms with Gasteiger partial charge in [-0.1, -0.05) is 23.7 Å². The van der Waals surface area contributed by atoms with Crippen LogP contribution >= 0.6 is 11.6 Å². The summed E-state index contributed by atoms with van der Waals surface area (Å²) in [6.07, 6.45) is 2.78. The Kier molecular flexibility index (Phi) is 6.40. The van der Waals surface area contributed by atoms with Crippen molar-refractivity contribution in [1.82, 2.24) is 19.9 Å². The van der Waals surface area contributed by atoms with E-state index in [2.05, 4.69) is 19.9 Å². The van der Waals surface area contributed by atoms with Gasteiger partial charge in [0.25, 0.3) is 0 Å². The van der Waals surface area contributed by atoms with Gasteiger partial charge >= 0.3 is 16.1 Å². The highest BCUT2D eigenvalue weighted by atomic mass is 35.5. The van der Waals surface area contributed by atoms with Crippen LogP contribution < -0.4 is 8.92 Å². The third-order valence-corrected chi connectivity index (χ3v) is 6.79. The summed E-state index contributed by atoms with van der Waals surface area (Å²) < 4.78 is 64.1. The van der Waals surface area contributed by atoms with E-state index in [4.69, 9.17) is 20.5 Å². The first-order valence-electron chi connectivity index (χ1n) is 10.6. The molecule has 12 heteroatoms. The van der Waals surface area contributed by atoms with Crippen molar-refractivity contribution in [2.75, 3.05) is 7.11 Å². The fourth-order valence-corrected chi connectivity index (χ4v) is 4.74. The Bertz CT molecular complexity index is 1750. The normalized spacial score (nSPS) is 11.5. The average Bonchev–Trinajstić information content (AvgIpc) is 2.89. The molecule has 186 valence electrons. The molecule has 0 spiro atoms. The molecule has 0 aliphatic carbocycles. The molecule has 3 aromatic carbocycles. The number of nitrogens with zero attached hydrogens (tertiary/aromatic N) is 4. The minimum absolute atomic E-state index is 0.243. The maximum atomic E-state index is 15.2. The van der Waals surface area contributed by atoms with E-state index in [0.29, 0.717) is 33.0 Å². The fraction of sp³-hybridized carbons (Fsp3) is 0.0400. The second-order valence-corrected chi connectivity index (χ2v) is 9.65. The number of halogens is 3. The molecule has 0 fully saturated rings. The van der Waals surface area contributed by atoms with Crippen LogP contribution in [0.5, 0.6) is 11.8 Å². The highest BCUT2D eigenvalue weighted by Gasteiger charge is 2.22. The second kappa shape index (κ2) is 9.68. The number of aromatic nitrogens is 4. The van der Waals surface area contributed by atoms with E-state index in [-0.39, 0.29) is 16.0 Å². The molecule has 2 aromatic heterocycles. The van der Waals surface area contributed by atoms with Crippen LogP contribution in [0.4, 0.5) is 8.78 Å². The zero-order chi connectivity index (χ0) is 26.2. The van der Waals surface area contributed by atoms with Crippen molar-refractivity contribution >= 4 is 32.6 Å². The maximum absolute atomic E-state index is 15.2. The predicted molar refractivity (Wildman–Crippen MR) is 132 cm³/mol. The first kappa shape index (κ1) is 24.5. The lowest BCUT2D eigenvalue weighted by atomic mass is 9.99.